The number of nitrogens with zero attached hydrogens (tertiary/aromatic N) is 4. The Kier molecular flexibility index (Phi) is 7.91. The molecule has 4 rings (SSSR count). The monoisotopic (exact) mass is 492 g/mol. The van der Waals surface area contributed by atoms with Crippen LogP contribution < -0.4 is 0 Å². The molecule has 1 aromatic carbocycles. The highest BCUT2D eigenvalue weighted by Gasteiger charge is 2.32. The molecule has 188 valence electrons. The van der Waals surface area contributed by atoms with Gasteiger partial charge in [0.2, 0.25) is 15.9 Å². The van der Waals surface area contributed by atoms with Crippen molar-refractivity contribution in [3.05, 3.63) is 24.0 Å². The number of imidazole rings is 1. The van der Waals surface area contributed by atoms with Crippen LogP contribution in [0.5, 0.6) is 0 Å². The molecule has 0 bridgehead atoms. The minimum Gasteiger partial charge on any atom is -0.350 e. The fourth-order valence-corrected chi connectivity index (χ4v) is 6.54. The Morgan fingerprint density at radius 3 is 2.59 bits per heavy atom. The lowest BCUT2D eigenvalue weighted by molar-refractivity contribution is -0.139. The van der Waals surface area contributed by atoms with Crippen molar-refractivity contribution in [2.24, 2.45) is 5.92 Å². The van der Waals surface area contributed by atoms with E-state index < -0.39 is 10.0 Å². The number of sulfonamides is 1. The van der Waals surface area contributed by atoms with E-state index in [-0.39, 0.29) is 23.0 Å². The fourth-order valence-electron chi connectivity index (χ4n) is 5.06. The summed E-state index contributed by atoms with van der Waals surface area (Å²) in [6.45, 7) is 9.92. The van der Waals surface area contributed by atoms with Gasteiger partial charge < -0.3 is 18.9 Å². The van der Waals surface area contributed by atoms with Crippen molar-refractivity contribution in [1.29, 1.82) is 0 Å². The molecule has 2 fully saturated rings. The molecule has 0 radical (unpaired) electrons. The molecular weight excluding hydrogens is 456 g/mol. The van der Waals surface area contributed by atoms with Crippen molar-refractivity contribution in [2.45, 2.75) is 64.2 Å². The lowest BCUT2D eigenvalue weighted by Crippen LogP contribution is -2.44. The molecule has 0 aliphatic carbocycles. The van der Waals surface area contributed by atoms with Gasteiger partial charge in [-0.1, -0.05) is 13.8 Å². The van der Waals surface area contributed by atoms with E-state index in [1.54, 1.807) is 12.1 Å². The minimum absolute atomic E-state index is 0.113. The van der Waals surface area contributed by atoms with Crippen LogP contribution in [0.1, 0.15) is 45.9 Å². The lowest BCUT2D eigenvalue weighted by atomic mass is 9.97. The number of piperidine rings is 1. The standard InChI is InChI=1S/C24H36N4O5S/c1-4-27(5-2)34(30,31)19-9-10-21-20(16-19)25-22(28(21)6-3)11-12-23(29)26-13-7-8-18(17-26)24-32-14-15-33-24/h9-10,16,18,24H,4-8,11-15,17H2,1-3H3. The Labute approximate surface area is 202 Å². The number of benzene rings is 1. The fraction of sp³-hybridized carbons (Fsp3) is 0.667. The van der Waals surface area contributed by atoms with E-state index in [9.17, 15) is 13.2 Å². The van der Waals surface area contributed by atoms with Crippen molar-refractivity contribution >= 4 is 27.0 Å². The van der Waals surface area contributed by atoms with Gasteiger partial charge in [0.15, 0.2) is 6.29 Å². The van der Waals surface area contributed by atoms with Crippen molar-refractivity contribution in [3.63, 3.8) is 0 Å². The molecule has 2 saturated heterocycles. The maximum absolute atomic E-state index is 13.0. The predicted octanol–water partition coefficient (Wildman–Crippen LogP) is 2.63. The first kappa shape index (κ1) is 25.1. The zero-order valence-electron chi connectivity index (χ0n) is 20.4. The third-order valence-electron chi connectivity index (χ3n) is 6.86. The first-order valence-corrected chi connectivity index (χ1v) is 13.8. The van der Waals surface area contributed by atoms with E-state index in [2.05, 4.69) is 4.57 Å². The van der Waals surface area contributed by atoms with Crippen molar-refractivity contribution < 1.29 is 22.7 Å². The molecule has 2 aliphatic rings. The van der Waals surface area contributed by atoms with Crippen LogP contribution in [0.3, 0.4) is 0 Å². The van der Waals surface area contributed by atoms with E-state index in [4.69, 9.17) is 14.5 Å². The summed E-state index contributed by atoms with van der Waals surface area (Å²) in [6.07, 6.45) is 2.65. The molecule has 2 aliphatic heterocycles. The molecule has 0 N–H and O–H groups in total. The largest absolute Gasteiger partial charge is 0.350 e. The number of hydrogen-bond donors (Lipinski definition) is 0. The highest BCUT2D eigenvalue weighted by molar-refractivity contribution is 7.89. The molecule has 2 aromatic rings. The molecule has 1 amide bonds. The van der Waals surface area contributed by atoms with Crippen molar-refractivity contribution in [1.82, 2.24) is 18.8 Å². The van der Waals surface area contributed by atoms with E-state index in [1.807, 2.05) is 31.7 Å². The van der Waals surface area contributed by atoms with E-state index in [1.165, 1.54) is 4.31 Å². The van der Waals surface area contributed by atoms with E-state index >= 15 is 0 Å². The summed E-state index contributed by atoms with van der Waals surface area (Å²) < 4.78 is 40.7. The number of rotatable bonds is 9. The van der Waals surface area contributed by atoms with Gasteiger partial charge in [-0.3, -0.25) is 4.79 Å². The Balaban J connectivity index is 1.47. The molecule has 9 nitrogen and oxygen atoms in total. The molecule has 0 saturated carbocycles. The SMILES string of the molecule is CCN(CC)S(=O)(=O)c1ccc2c(c1)nc(CCC(=O)N1CCCC(C3OCCO3)C1)n2CC. The molecule has 1 unspecified atom stereocenters. The van der Waals surface area contributed by atoms with Crippen molar-refractivity contribution in [2.75, 3.05) is 39.4 Å². The quantitative estimate of drug-likeness (QED) is 0.534. The van der Waals surface area contributed by atoms with Crippen LogP contribution in [0, 0.1) is 5.92 Å². The van der Waals surface area contributed by atoms with Gasteiger partial charge >= 0.3 is 0 Å². The van der Waals surface area contributed by atoms with Crippen molar-refractivity contribution in [3.8, 4) is 0 Å². The minimum atomic E-state index is -3.55. The zero-order chi connectivity index (χ0) is 24.3. The number of carbonyl (C=O) groups is 1. The van der Waals surface area contributed by atoms with Gasteiger partial charge in [0, 0.05) is 51.5 Å². The predicted molar refractivity (Wildman–Crippen MR) is 129 cm³/mol. The summed E-state index contributed by atoms with van der Waals surface area (Å²) in [5.74, 6) is 1.15. The highest BCUT2D eigenvalue weighted by atomic mass is 32.2. The van der Waals surface area contributed by atoms with Gasteiger partial charge in [-0.15, -0.1) is 0 Å². The highest BCUT2D eigenvalue weighted by Crippen LogP contribution is 2.26. The average Bonchev–Trinajstić information content (AvgIpc) is 3.50. The van der Waals surface area contributed by atoms with Gasteiger partial charge in [0.25, 0.3) is 0 Å². The Morgan fingerprint density at radius 1 is 1.18 bits per heavy atom. The van der Waals surface area contributed by atoms with Crippen LogP contribution >= 0.6 is 0 Å². The summed E-state index contributed by atoms with van der Waals surface area (Å²) in [5, 5.41) is 0. The van der Waals surface area contributed by atoms with E-state index in [0.29, 0.717) is 57.8 Å². The van der Waals surface area contributed by atoms with Crippen LogP contribution in [-0.4, -0.2) is 78.8 Å². The average molecular weight is 493 g/mol. The Hall–Kier alpha value is -2.01. The molecule has 0 spiro atoms. The molecular formula is C24H36N4O5S. The molecule has 1 aromatic heterocycles. The lowest BCUT2D eigenvalue weighted by Gasteiger charge is -2.34. The number of amides is 1. The van der Waals surface area contributed by atoms with Gasteiger partial charge in [0.05, 0.1) is 29.1 Å². The number of fused-ring (bicyclic) bond motifs is 1. The summed E-state index contributed by atoms with van der Waals surface area (Å²) in [5.41, 5.74) is 1.53. The third-order valence-corrected chi connectivity index (χ3v) is 8.91. The summed E-state index contributed by atoms with van der Waals surface area (Å²) >= 11 is 0. The molecule has 10 heteroatoms. The first-order chi connectivity index (χ1) is 16.4. The van der Waals surface area contributed by atoms with Crippen LogP contribution in [-0.2, 0) is 37.3 Å². The van der Waals surface area contributed by atoms with Gasteiger partial charge in [-0.2, -0.15) is 4.31 Å². The maximum Gasteiger partial charge on any atom is 0.243 e. The smallest absolute Gasteiger partial charge is 0.243 e. The number of likely N-dealkylation sites (tertiary alicyclic amines) is 1. The second-order valence-corrected chi connectivity index (χ2v) is 10.8. The molecule has 34 heavy (non-hydrogen) atoms. The Morgan fingerprint density at radius 2 is 1.91 bits per heavy atom. The first-order valence-electron chi connectivity index (χ1n) is 12.4. The van der Waals surface area contributed by atoms with Crippen LogP contribution in [0.2, 0.25) is 0 Å². The normalized spacial score (nSPS) is 20.0. The molecule has 1 atom stereocenters. The van der Waals surface area contributed by atoms with Crippen LogP contribution in [0.4, 0.5) is 0 Å². The van der Waals surface area contributed by atoms with Gasteiger partial charge in [-0.25, -0.2) is 13.4 Å². The summed E-state index contributed by atoms with van der Waals surface area (Å²) in [7, 11) is -3.55. The van der Waals surface area contributed by atoms with E-state index in [0.717, 1.165) is 30.7 Å². The summed E-state index contributed by atoms with van der Waals surface area (Å²) in [4.78, 5) is 19.9. The third kappa shape index (κ3) is 5.00. The second-order valence-electron chi connectivity index (χ2n) is 8.86. The number of ether oxygens (including phenoxy) is 2. The maximum atomic E-state index is 13.0. The number of hydrogen-bond acceptors (Lipinski definition) is 6. The number of aromatic nitrogens is 2. The Bertz CT molecular complexity index is 1110. The van der Waals surface area contributed by atoms with Crippen LogP contribution in [0.25, 0.3) is 11.0 Å². The summed E-state index contributed by atoms with van der Waals surface area (Å²) in [6, 6.07) is 5.13. The topological polar surface area (TPSA) is 94.0 Å². The second kappa shape index (κ2) is 10.7. The number of carbonyl (C=O) groups excluding carboxylic acids is 1. The zero-order valence-corrected chi connectivity index (χ0v) is 21.2. The molecule has 3 heterocycles. The van der Waals surface area contributed by atoms with Gasteiger partial charge in [-0.05, 0) is 38.0 Å². The van der Waals surface area contributed by atoms with Crippen LogP contribution in [0.15, 0.2) is 23.1 Å². The van der Waals surface area contributed by atoms with Gasteiger partial charge in [0.1, 0.15) is 5.82 Å². The number of aryl methyl sites for hydroxylation is 2.